The molecule has 0 amide bonds. The second-order valence-electron chi connectivity index (χ2n) is 11.5. The van der Waals surface area contributed by atoms with Gasteiger partial charge in [0.1, 0.15) is 11.9 Å². The molecule has 0 N–H and O–H groups in total. The summed E-state index contributed by atoms with van der Waals surface area (Å²) in [5.41, 5.74) is 7.82. The van der Waals surface area contributed by atoms with Gasteiger partial charge < -0.3 is 9.64 Å². The van der Waals surface area contributed by atoms with Crippen LogP contribution in [-0.2, 0) is 4.74 Å². The van der Waals surface area contributed by atoms with E-state index in [0.717, 1.165) is 28.1 Å². The van der Waals surface area contributed by atoms with Crippen molar-refractivity contribution in [1.29, 1.82) is 0 Å². The summed E-state index contributed by atoms with van der Waals surface area (Å²) in [5, 5.41) is 0. The maximum absolute atomic E-state index is 6.64. The lowest BCUT2D eigenvalue weighted by atomic mass is 9.82. The molecule has 9 rings (SSSR count). The van der Waals surface area contributed by atoms with E-state index < -0.39 is 0 Å². The number of aromatic nitrogens is 3. The zero-order valence-electron chi connectivity index (χ0n) is 23.9. The Bertz CT molecular complexity index is 1950. The van der Waals surface area contributed by atoms with Gasteiger partial charge in [-0.25, -0.2) is 15.0 Å². The molecule has 0 fully saturated rings. The predicted octanol–water partition coefficient (Wildman–Crippen LogP) is 8.44. The van der Waals surface area contributed by atoms with Gasteiger partial charge in [0.2, 0.25) is 0 Å². The molecule has 2 aliphatic carbocycles. The fourth-order valence-corrected chi connectivity index (χ4v) is 6.98. The summed E-state index contributed by atoms with van der Waals surface area (Å²) in [6.45, 7) is 0. The van der Waals surface area contributed by atoms with E-state index in [1.165, 1.54) is 16.8 Å². The molecule has 3 heterocycles. The summed E-state index contributed by atoms with van der Waals surface area (Å²) in [6, 6.07) is 37.7. The maximum atomic E-state index is 6.64. The van der Waals surface area contributed by atoms with Gasteiger partial charge in [-0.15, -0.1) is 0 Å². The van der Waals surface area contributed by atoms with Gasteiger partial charge in [-0.05, 0) is 42.0 Å². The largest absolute Gasteiger partial charge is 0.489 e. The van der Waals surface area contributed by atoms with Crippen molar-refractivity contribution in [3.05, 3.63) is 163 Å². The molecule has 5 nitrogen and oxygen atoms in total. The summed E-state index contributed by atoms with van der Waals surface area (Å²) in [5.74, 6) is 3.53. The maximum Gasteiger partial charge on any atom is 0.164 e. The number of para-hydroxylation sites is 1. The summed E-state index contributed by atoms with van der Waals surface area (Å²) < 4.78 is 6.64. The Morgan fingerprint density at radius 2 is 1.16 bits per heavy atom. The molecular weight excluding hydrogens is 540 g/mol. The van der Waals surface area contributed by atoms with Crippen molar-refractivity contribution in [1.82, 2.24) is 15.0 Å². The summed E-state index contributed by atoms with van der Waals surface area (Å²) in [4.78, 5) is 17.1. The van der Waals surface area contributed by atoms with Crippen LogP contribution < -0.4 is 4.90 Å². The number of ether oxygens (including phenoxy) is 1. The van der Waals surface area contributed by atoms with Crippen LogP contribution in [0, 0.1) is 5.92 Å². The zero-order valence-corrected chi connectivity index (χ0v) is 23.9. The number of benzene rings is 4. The minimum Gasteiger partial charge on any atom is -0.489 e. The third-order valence-corrected chi connectivity index (χ3v) is 9.02. The van der Waals surface area contributed by atoms with Crippen molar-refractivity contribution in [2.75, 3.05) is 4.90 Å². The lowest BCUT2D eigenvalue weighted by Gasteiger charge is -2.31. The van der Waals surface area contributed by atoms with E-state index in [2.05, 4.69) is 89.9 Å². The first kappa shape index (κ1) is 25.0. The molecule has 0 saturated carbocycles. The monoisotopic (exact) mass is 568 g/mol. The van der Waals surface area contributed by atoms with E-state index >= 15 is 0 Å². The van der Waals surface area contributed by atoms with Gasteiger partial charge in [0.15, 0.2) is 17.5 Å². The van der Waals surface area contributed by atoms with Crippen molar-refractivity contribution in [2.24, 2.45) is 5.92 Å². The molecule has 4 unspecified atom stereocenters. The number of allylic oxidation sites excluding steroid dienone is 3. The van der Waals surface area contributed by atoms with Crippen molar-refractivity contribution in [2.45, 2.75) is 18.1 Å². The minimum atomic E-state index is 0.0795. The van der Waals surface area contributed by atoms with Crippen molar-refractivity contribution >= 4 is 11.4 Å². The number of hydrogen-bond acceptors (Lipinski definition) is 5. The average Bonchev–Trinajstić information content (AvgIpc) is 3.65. The van der Waals surface area contributed by atoms with E-state index in [1.807, 2.05) is 60.7 Å². The summed E-state index contributed by atoms with van der Waals surface area (Å²) in [6.07, 6.45) is 13.4. The third kappa shape index (κ3) is 3.97. The molecule has 210 valence electrons. The van der Waals surface area contributed by atoms with Gasteiger partial charge in [0, 0.05) is 39.6 Å². The van der Waals surface area contributed by atoms with Gasteiger partial charge >= 0.3 is 0 Å². The highest BCUT2D eigenvalue weighted by Crippen LogP contribution is 2.55. The topological polar surface area (TPSA) is 51.1 Å². The lowest BCUT2D eigenvalue weighted by molar-refractivity contribution is 0.150. The highest BCUT2D eigenvalue weighted by Gasteiger charge is 2.48. The van der Waals surface area contributed by atoms with Gasteiger partial charge in [0.05, 0.1) is 12.0 Å². The van der Waals surface area contributed by atoms with E-state index in [0.29, 0.717) is 17.5 Å². The lowest BCUT2D eigenvalue weighted by Crippen LogP contribution is -2.31. The van der Waals surface area contributed by atoms with Crippen LogP contribution in [0.4, 0.5) is 11.4 Å². The number of anilines is 2. The molecule has 4 atom stereocenters. The number of nitrogens with zero attached hydrogens (tertiary/aromatic N) is 4. The van der Waals surface area contributed by atoms with Gasteiger partial charge in [0.25, 0.3) is 0 Å². The minimum absolute atomic E-state index is 0.0795. The van der Waals surface area contributed by atoms with Crippen LogP contribution >= 0.6 is 0 Å². The molecule has 0 radical (unpaired) electrons. The molecule has 0 spiro atoms. The molecular formula is C39H28N4O. The van der Waals surface area contributed by atoms with Crippen LogP contribution in [0.5, 0.6) is 0 Å². The normalized spacial score (nSPS) is 22.3. The Hall–Kier alpha value is -5.55. The molecule has 4 aromatic carbocycles. The molecule has 5 heteroatoms. The Morgan fingerprint density at radius 3 is 1.84 bits per heavy atom. The summed E-state index contributed by atoms with van der Waals surface area (Å²) in [7, 11) is 0. The fraction of sp³-hybridized carbons (Fsp3) is 0.103. The zero-order chi connectivity index (χ0) is 29.0. The van der Waals surface area contributed by atoms with Crippen LogP contribution in [0.1, 0.15) is 11.5 Å². The van der Waals surface area contributed by atoms with Gasteiger partial charge in [-0.2, -0.15) is 0 Å². The highest BCUT2D eigenvalue weighted by molar-refractivity contribution is 5.78. The van der Waals surface area contributed by atoms with Crippen LogP contribution in [0.3, 0.4) is 0 Å². The smallest absolute Gasteiger partial charge is 0.164 e. The van der Waals surface area contributed by atoms with E-state index in [-0.39, 0.29) is 24.0 Å². The van der Waals surface area contributed by atoms with Crippen LogP contribution in [-0.4, -0.2) is 27.1 Å². The van der Waals surface area contributed by atoms with E-state index in [4.69, 9.17) is 19.7 Å². The highest BCUT2D eigenvalue weighted by atomic mass is 16.5. The second kappa shape index (κ2) is 10.0. The first-order valence-electron chi connectivity index (χ1n) is 15.1. The Kier molecular flexibility index (Phi) is 5.69. The number of fused-ring (bicyclic) bond motifs is 6. The van der Waals surface area contributed by atoms with Crippen LogP contribution in [0.25, 0.3) is 34.2 Å². The molecule has 0 saturated heterocycles. The summed E-state index contributed by atoms with van der Waals surface area (Å²) >= 11 is 0. The van der Waals surface area contributed by atoms with E-state index in [9.17, 15) is 0 Å². The van der Waals surface area contributed by atoms with Crippen molar-refractivity contribution in [3.8, 4) is 34.2 Å². The average molecular weight is 569 g/mol. The first-order chi connectivity index (χ1) is 21.8. The van der Waals surface area contributed by atoms with Crippen molar-refractivity contribution < 1.29 is 4.74 Å². The van der Waals surface area contributed by atoms with Crippen molar-refractivity contribution in [3.63, 3.8) is 0 Å². The van der Waals surface area contributed by atoms with Gasteiger partial charge in [-0.3, -0.25) is 0 Å². The Labute approximate surface area is 256 Å². The molecule has 44 heavy (non-hydrogen) atoms. The third-order valence-electron chi connectivity index (χ3n) is 9.02. The molecule has 0 bridgehead atoms. The number of hydrogen-bond donors (Lipinski definition) is 0. The first-order valence-corrected chi connectivity index (χ1v) is 15.1. The molecule has 1 aromatic heterocycles. The van der Waals surface area contributed by atoms with Crippen LogP contribution in [0.15, 0.2) is 157 Å². The predicted molar refractivity (Wildman–Crippen MR) is 174 cm³/mol. The number of rotatable bonds is 4. The molecule has 5 aromatic rings. The Balaban J connectivity index is 1.10. The quantitative estimate of drug-likeness (QED) is 0.218. The SMILES string of the molecule is C1=CC2OC3=C(C=CC4C3c3ccccc3N4c3ccc(-c4nc(-c5ccccc5)nc(-c5ccccc5)n4)cc3)C2C=C1. The molecule has 2 aliphatic heterocycles. The second-order valence-corrected chi connectivity index (χ2v) is 11.5. The van der Waals surface area contributed by atoms with Crippen LogP contribution in [0.2, 0.25) is 0 Å². The Morgan fingerprint density at radius 1 is 0.568 bits per heavy atom. The van der Waals surface area contributed by atoms with E-state index in [1.54, 1.807) is 0 Å². The fourth-order valence-electron chi connectivity index (χ4n) is 6.98. The molecule has 4 aliphatic rings. The van der Waals surface area contributed by atoms with Gasteiger partial charge in [-0.1, -0.05) is 109 Å². The standard InChI is InChI=1S/C39H28N4O/c1-3-11-25(12-4-1)37-40-38(26-13-5-2-6-14-26)42-39(41-37)27-19-21-28(22-20-27)43-32-17-9-7-16-31(32)35-33(43)24-23-30-29-15-8-10-18-34(29)44-36(30)35/h1-24,29,33-35H.